The Kier molecular flexibility index (Phi) is 5.72. The van der Waals surface area contributed by atoms with Crippen LogP contribution >= 0.6 is 23.1 Å². The highest BCUT2D eigenvalue weighted by molar-refractivity contribution is 7.98. The Hall–Kier alpha value is -0.990. The lowest BCUT2D eigenvalue weighted by Gasteiger charge is -2.14. The van der Waals surface area contributed by atoms with Gasteiger partial charge in [-0.15, -0.1) is 16.4 Å². The molecule has 1 N–H and O–H groups in total. The van der Waals surface area contributed by atoms with Crippen LogP contribution in [0.4, 0.5) is 0 Å². The Morgan fingerprint density at radius 1 is 1.38 bits per heavy atom. The molecular weight excluding hydrogens is 304 g/mol. The summed E-state index contributed by atoms with van der Waals surface area (Å²) in [6.45, 7) is 11.2. The molecule has 116 valence electrons. The highest BCUT2D eigenvalue weighted by atomic mass is 32.2. The van der Waals surface area contributed by atoms with Gasteiger partial charge in [0.25, 0.3) is 0 Å². The molecule has 2 aromatic heterocycles. The van der Waals surface area contributed by atoms with Crippen LogP contribution in [0.5, 0.6) is 0 Å². The number of hydrogen-bond donors (Lipinski definition) is 1. The number of hydrogen-bond acceptors (Lipinski definition) is 7. The lowest BCUT2D eigenvalue weighted by atomic mass is 9.93. The van der Waals surface area contributed by atoms with Gasteiger partial charge in [0.05, 0.1) is 18.0 Å². The van der Waals surface area contributed by atoms with Crippen LogP contribution in [0.15, 0.2) is 10.5 Å². The summed E-state index contributed by atoms with van der Waals surface area (Å²) in [5.74, 6) is 0.808. The van der Waals surface area contributed by atoms with E-state index in [4.69, 9.17) is 4.98 Å². The van der Waals surface area contributed by atoms with Crippen LogP contribution in [0.25, 0.3) is 0 Å². The number of rotatable bonds is 7. The van der Waals surface area contributed by atoms with Crippen LogP contribution in [-0.2, 0) is 17.7 Å². The largest absolute Gasteiger partial charge is 0.315 e. The summed E-state index contributed by atoms with van der Waals surface area (Å²) in [4.78, 5) is 4.69. The van der Waals surface area contributed by atoms with Gasteiger partial charge >= 0.3 is 0 Å². The summed E-state index contributed by atoms with van der Waals surface area (Å²) in [6, 6.07) is 0. The molecule has 2 heterocycles. The zero-order valence-electron chi connectivity index (χ0n) is 13.0. The van der Waals surface area contributed by atoms with Gasteiger partial charge in [0.1, 0.15) is 5.01 Å². The predicted molar refractivity (Wildman–Crippen MR) is 86.7 cm³/mol. The monoisotopic (exact) mass is 326 g/mol. The molecule has 0 atom stereocenters. The molecule has 8 heteroatoms. The SMILES string of the molecule is CCNCCn1nnnc1SCc1nc(C(C)(C)C)cs1. The summed E-state index contributed by atoms with van der Waals surface area (Å²) >= 11 is 3.34. The predicted octanol–water partition coefficient (Wildman–Crippen LogP) is 2.33. The first-order valence-corrected chi connectivity index (χ1v) is 8.91. The first-order valence-electron chi connectivity index (χ1n) is 7.05. The minimum atomic E-state index is 0.104. The Labute approximate surface area is 133 Å². The molecular formula is C13H22N6S2. The molecule has 0 amide bonds. The standard InChI is InChI=1S/C13H22N6S2/c1-5-14-6-7-19-12(16-17-18-19)21-9-11-15-10(8-20-11)13(2,3)4/h8,14H,5-7,9H2,1-4H3. The summed E-state index contributed by atoms with van der Waals surface area (Å²) in [5.41, 5.74) is 1.25. The van der Waals surface area contributed by atoms with Gasteiger partial charge in [0, 0.05) is 17.3 Å². The summed E-state index contributed by atoms with van der Waals surface area (Å²) in [5, 5.41) is 19.2. The van der Waals surface area contributed by atoms with Gasteiger partial charge in [0.2, 0.25) is 5.16 Å². The maximum atomic E-state index is 4.69. The van der Waals surface area contributed by atoms with Crippen molar-refractivity contribution in [2.45, 2.75) is 50.6 Å². The van der Waals surface area contributed by atoms with E-state index in [1.807, 2.05) is 4.68 Å². The molecule has 2 rings (SSSR count). The first kappa shape index (κ1) is 16.4. The van der Waals surface area contributed by atoms with Gasteiger partial charge < -0.3 is 5.32 Å². The van der Waals surface area contributed by atoms with E-state index in [1.165, 1.54) is 0 Å². The number of nitrogens with one attached hydrogen (secondary N) is 1. The summed E-state index contributed by atoms with van der Waals surface area (Å²) in [7, 11) is 0. The normalized spacial score (nSPS) is 12.0. The third kappa shape index (κ3) is 4.76. The molecule has 0 bridgehead atoms. The van der Waals surface area contributed by atoms with Crippen molar-refractivity contribution in [3.05, 3.63) is 16.1 Å². The van der Waals surface area contributed by atoms with Gasteiger partial charge in [-0.25, -0.2) is 9.67 Å². The number of thioether (sulfide) groups is 1. The Balaban J connectivity index is 1.91. The van der Waals surface area contributed by atoms with Crippen LogP contribution in [0.1, 0.15) is 38.4 Å². The molecule has 0 fully saturated rings. The highest BCUT2D eigenvalue weighted by Crippen LogP contribution is 2.27. The molecule has 0 radical (unpaired) electrons. The minimum Gasteiger partial charge on any atom is -0.315 e. The topological polar surface area (TPSA) is 68.5 Å². The number of thiazole rings is 1. The summed E-state index contributed by atoms with van der Waals surface area (Å²) < 4.78 is 1.84. The number of nitrogens with zero attached hydrogens (tertiary/aromatic N) is 5. The summed E-state index contributed by atoms with van der Waals surface area (Å²) in [6.07, 6.45) is 0. The molecule has 0 saturated heterocycles. The van der Waals surface area contributed by atoms with E-state index in [1.54, 1.807) is 23.1 Å². The maximum absolute atomic E-state index is 4.69. The molecule has 0 aliphatic carbocycles. The molecule has 0 aliphatic heterocycles. The van der Waals surface area contributed by atoms with E-state index in [0.29, 0.717) is 0 Å². The van der Waals surface area contributed by atoms with Crippen LogP contribution < -0.4 is 5.32 Å². The molecule has 0 saturated carbocycles. The minimum absolute atomic E-state index is 0.104. The van der Waals surface area contributed by atoms with Crippen molar-refractivity contribution >= 4 is 23.1 Å². The van der Waals surface area contributed by atoms with E-state index >= 15 is 0 Å². The average Bonchev–Trinajstić information content (AvgIpc) is 3.04. The third-order valence-electron chi connectivity index (χ3n) is 2.89. The second kappa shape index (κ2) is 7.33. The van der Waals surface area contributed by atoms with Crippen molar-refractivity contribution in [1.82, 2.24) is 30.5 Å². The molecule has 6 nitrogen and oxygen atoms in total. The first-order chi connectivity index (χ1) is 10.0. The Bertz CT molecular complexity index is 557. The van der Waals surface area contributed by atoms with Crippen molar-refractivity contribution in [2.75, 3.05) is 13.1 Å². The lowest BCUT2D eigenvalue weighted by molar-refractivity contribution is 0.517. The van der Waals surface area contributed by atoms with Gasteiger partial charge in [-0.2, -0.15) is 0 Å². The van der Waals surface area contributed by atoms with Crippen LogP contribution in [0.3, 0.4) is 0 Å². The van der Waals surface area contributed by atoms with Crippen molar-refractivity contribution in [1.29, 1.82) is 0 Å². The molecule has 0 aliphatic rings. The van der Waals surface area contributed by atoms with Crippen molar-refractivity contribution < 1.29 is 0 Å². The van der Waals surface area contributed by atoms with Crippen LogP contribution in [0.2, 0.25) is 0 Å². The van der Waals surface area contributed by atoms with E-state index in [9.17, 15) is 0 Å². The van der Waals surface area contributed by atoms with E-state index in [0.717, 1.165) is 41.2 Å². The lowest BCUT2D eigenvalue weighted by Crippen LogP contribution is -2.20. The van der Waals surface area contributed by atoms with Gasteiger partial charge in [-0.1, -0.05) is 39.5 Å². The molecule has 2 aromatic rings. The molecule has 21 heavy (non-hydrogen) atoms. The fourth-order valence-electron chi connectivity index (χ4n) is 1.65. The van der Waals surface area contributed by atoms with Crippen LogP contribution in [0, 0.1) is 0 Å². The zero-order chi connectivity index (χ0) is 15.3. The Morgan fingerprint density at radius 3 is 2.86 bits per heavy atom. The van der Waals surface area contributed by atoms with E-state index in [2.05, 4.69) is 53.9 Å². The highest BCUT2D eigenvalue weighted by Gasteiger charge is 2.17. The van der Waals surface area contributed by atoms with Gasteiger partial charge in [0.15, 0.2) is 0 Å². The van der Waals surface area contributed by atoms with Gasteiger partial charge in [-0.05, 0) is 17.0 Å². The third-order valence-corrected chi connectivity index (χ3v) is 4.89. The van der Waals surface area contributed by atoms with Crippen molar-refractivity contribution in [2.24, 2.45) is 0 Å². The van der Waals surface area contributed by atoms with Crippen molar-refractivity contribution in [3.63, 3.8) is 0 Å². The smallest absolute Gasteiger partial charge is 0.209 e. The fraction of sp³-hybridized carbons (Fsp3) is 0.692. The van der Waals surface area contributed by atoms with Gasteiger partial charge in [-0.3, -0.25) is 0 Å². The number of aromatic nitrogens is 5. The van der Waals surface area contributed by atoms with E-state index < -0.39 is 0 Å². The molecule has 0 unspecified atom stereocenters. The van der Waals surface area contributed by atoms with Crippen LogP contribution in [-0.4, -0.2) is 38.3 Å². The average molecular weight is 326 g/mol. The fourth-order valence-corrected chi connectivity index (χ4v) is 3.59. The number of likely N-dealkylation sites (N-methyl/N-ethyl adjacent to an activating group) is 1. The zero-order valence-corrected chi connectivity index (χ0v) is 14.6. The second-order valence-corrected chi connectivity index (χ2v) is 7.59. The Morgan fingerprint density at radius 2 is 2.19 bits per heavy atom. The van der Waals surface area contributed by atoms with E-state index in [-0.39, 0.29) is 5.41 Å². The second-order valence-electron chi connectivity index (χ2n) is 5.70. The number of tetrazole rings is 1. The molecule has 0 spiro atoms. The quantitative estimate of drug-likeness (QED) is 0.622. The molecule has 0 aromatic carbocycles. The maximum Gasteiger partial charge on any atom is 0.209 e. The van der Waals surface area contributed by atoms with Crippen molar-refractivity contribution in [3.8, 4) is 0 Å².